The van der Waals surface area contributed by atoms with Gasteiger partial charge in [-0.2, -0.15) is 0 Å². The van der Waals surface area contributed by atoms with Crippen LogP contribution in [0.25, 0.3) is 0 Å². The SMILES string of the molecule is O=C(NC(Cc1ccncc1)C(=O)O)c1cc(Cl)c2c(c1)OCCCO2. The van der Waals surface area contributed by atoms with Crippen molar-refractivity contribution in [2.45, 2.75) is 18.9 Å². The van der Waals surface area contributed by atoms with Crippen LogP contribution in [0, 0.1) is 0 Å². The number of carbonyl (C=O) groups excluding carboxylic acids is 1. The van der Waals surface area contributed by atoms with E-state index < -0.39 is 17.9 Å². The lowest BCUT2D eigenvalue weighted by molar-refractivity contribution is -0.139. The molecule has 3 rings (SSSR count). The fourth-order valence-electron chi connectivity index (χ4n) is 2.56. The van der Waals surface area contributed by atoms with Crippen LogP contribution in [-0.4, -0.2) is 41.2 Å². The van der Waals surface area contributed by atoms with Crippen LogP contribution >= 0.6 is 11.6 Å². The molecule has 1 amide bonds. The zero-order valence-corrected chi connectivity index (χ0v) is 14.5. The second-order valence-corrected chi connectivity index (χ2v) is 6.17. The van der Waals surface area contributed by atoms with Gasteiger partial charge in [0.15, 0.2) is 11.5 Å². The van der Waals surface area contributed by atoms with Crippen LogP contribution in [0.3, 0.4) is 0 Å². The number of benzene rings is 1. The van der Waals surface area contributed by atoms with Crippen molar-refractivity contribution in [3.8, 4) is 11.5 Å². The molecule has 0 saturated heterocycles. The molecule has 0 fully saturated rings. The highest BCUT2D eigenvalue weighted by Gasteiger charge is 2.23. The smallest absolute Gasteiger partial charge is 0.326 e. The van der Waals surface area contributed by atoms with Gasteiger partial charge in [-0.15, -0.1) is 0 Å². The summed E-state index contributed by atoms with van der Waals surface area (Å²) in [4.78, 5) is 27.9. The van der Waals surface area contributed by atoms with E-state index in [1.54, 1.807) is 24.5 Å². The Morgan fingerprint density at radius 2 is 1.96 bits per heavy atom. The molecule has 0 radical (unpaired) electrons. The van der Waals surface area contributed by atoms with Crippen molar-refractivity contribution >= 4 is 23.5 Å². The van der Waals surface area contributed by atoms with Gasteiger partial charge in [-0.25, -0.2) is 4.79 Å². The molecule has 1 unspecified atom stereocenters. The predicted molar refractivity (Wildman–Crippen MR) is 93.9 cm³/mol. The summed E-state index contributed by atoms with van der Waals surface area (Å²) in [5.41, 5.74) is 0.963. The van der Waals surface area contributed by atoms with E-state index in [1.165, 1.54) is 12.1 Å². The van der Waals surface area contributed by atoms with Gasteiger partial charge in [0.1, 0.15) is 6.04 Å². The average Bonchev–Trinajstić information content (AvgIpc) is 2.87. The number of rotatable bonds is 5. The molecule has 0 spiro atoms. The van der Waals surface area contributed by atoms with E-state index in [4.69, 9.17) is 21.1 Å². The van der Waals surface area contributed by atoms with Crippen molar-refractivity contribution in [2.75, 3.05) is 13.2 Å². The van der Waals surface area contributed by atoms with Crippen molar-refractivity contribution in [1.29, 1.82) is 0 Å². The zero-order valence-electron chi connectivity index (χ0n) is 13.8. The van der Waals surface area contributed by atoms with Gasteiger partial charge < -0.3 is 19.9 Å². The van der Waals surface area contributed by atoms with Crippen LogP contribution in [0.2, 0.25) is 5.02 Å². The largest absolute Gasteiger partial charge is 0.489 e. The van der Waals surface area contributed by atoms with Gasteiger partial charge in [-0.3, -0.25) is 9.78 Å². The summed E-state index contributed by atoms with van der Waals surface area (Å²) in [6.07, 6.45) is 3.99. The fourth-order valence-corrected chi connectivity index (χ4v) is 2.82. The first-order chi connectivity index (χ1) is 12.5. The molecule has 1 aliphatic rings. The Balaban J connectivity index is 1.78. The molecule has 0 saturated carbocycles. The van der Waals surface area contributed by atoms with E-state index >= 15 is 0 Å². The standard InChI is InChI=1S/C18H17ClN2O5/c19-13-9-12(10-15-16(13)26-7-1-6-25-15)17(22)21-14(18(23)24)8-11-2-4-20-5-3-11/h2-5,9-10,14H,1,6-8H2,(H,21,22)(H,23,24). The molecule has 2 N–H and O–H groups in total. The van der Waals surface area contributed by atoms with Gasteiger partial charge in [-0.05, 0) is 29.8 Å². The molecule has 8 heteroatoms. The third-order valence-electron chi connectivity index (χ3n) is 3.86. The molecule has 26 heavy (non-hydrogen) atoms. The summed E-state index contributed by atoms with van der Waals surface area (Å²) in [7, 11) is 0. The Hall–Kier alpha value is -2.80. The Labute approximate surface area is 154 Å². The van der Waals surface area contributed by atoms with E-state index in [9.17, 15) is 14.7 Å². The minimum Gasteiger partial charge on any atom is -0.489 e. The highest BCUT2D eigenvalue weighted by Crippen LogP contribution is 2.38. The number of amides is 1. The van der Waals surface area contributed by atoms with Crippen LogP contribution < -0.4 is 14.8 Å². The minimum absolute atomic E-state index is 0.141. The van der Waals surface area contributed by atoms with Crippen LogP contribution in [0.15, 0.2) is 36.7 Å². The number of aromatic nitrogens is 1. The number of carbonyl (C=O) groups is 2. The van der Waals surface area contributed by atoms with Crippen molar-refractivity contribution < 1.29 is 24.2 Å². The fraction of sp³-hybridized carbons (Fsp3) is 0.278. The van der Waals surface area contributed by atoms with E-state index in [0.717, 1.165) is 5.56 Å². The molecule has 2 heterocycles. The maximum absolute atomic E-state index is 12.5. The summed E-state index contributed by atoms with van der Waals surface area (Å²) in [6, 6.07) is 5.27. The van der Waals surface area contributed by atoms with Gasteiger partial charge in [0, 0.05) is 30.8 Å². The number of ether oxygens (including phenoxy) is 2. The Kier molecular flexibility index (Phi) is 5.58. The third-order valence-corrected chi connectivity index (χ3v) is 4.14. The quantitative estimate of drug-likeness (QED) is 0.831. The third kappa shape index (κ3) is 4.23. The van der Waals surface area contributed by atoms with E-state index in [1.807, 2.05) is 0 Å². The normalized spacial score (nSPS) is 14.2. The van der Waals surface area contributed by atoms with Crippen LogP contribution in [-0.2, 0) is 11.2 Å². The number of aliphatic carboxylic acids is 1. The topological polar surface area (TPSA) is 97.8 Å². The molecular weight excluding hydrogens is 360 g/mol. The average molecular weight is 377 g/mol. The van der Waals surface area contributed by atoms with Gasteiger partial charge in [0.2, 0.25) is 0 Å². The molecular formula is C18H17ClN2O5. The van der Waals surface area contributed by atoms with Gasteiger partial charge >= 0.3 is 5.97 Å². The zero-order chi connectivity index (χ0) is 18.5. The number of carboxylic acids is 1. The van der Waals surface area contributed by atoms with Crippen molar-refractivity contribution in [1.82, 2.24) is 10.3 Å². The molecule has 0 aliphatic carbocycles. The van der Waals surface area contributed by atoms with Crippen molar-refractivity contribution in [3.05, 3.63) is 52.8 Å². The molecule has 1 aliphatic heterocycles. The number of hydrogen-bond acceptors (Lipinski definition) is 5. The number of pyridine rings is 1. The number of fused-ring (bicyclic) bond motifs is 1. The highest BCUT2D eigenvalue weighted by atomic mass is 35.5. The van der Waals surface area contributed by atoms with Crippen molar-refractivity contribution in [2.24, 2.45) is 0 Å². The second kappa shape index (κ2) is 8.05. The van der Waals surface area contributed by atoms with Gasteiger partial charge in [0.25, 0.3) is 5.91 Å². The lowest BCUT2D eigenvalue weighted by Gasteiger charge is -2.16. The number of hydrogen-bond donors (Lipinski definition) is 2. The first kappa shape index (κ1) is 18.0. The van der Waals surface area contributed by atoms with E-state index in [-0.39, 0.29) is 17.0 Å². The lowest BCUT2D eigenvalue weighted by Crippen LogP contribution is -2.42. The summed E-state index contributed by atoms with van der Waals surface area (Å²) < 4.78 is 11.1. The summed E-state index contributed by atoms with van der Waals surface area (Å²) >= 11 is 6.18. The summed E-state index contributed by atoms with van der Waals surface area (Å²) in [5.74, 6) is -0.909. The highest BCUT2D eigenvalue weighted by molar-refractivity contribution is 6.32. The molecule has 1 atom stereocenters. The first-order valence-electron chi connectivity index (χ1n) is 8.06. The Morgan fingerprint density at radius 1 is 1.23 bits per heavy atom. The summed E-state index contributed by atoms with van der Waals surface area (Å²) in [5, 5.41) is 12.2. The molecule has 1 aromatic heterocycles. The Bertz CT molecular complexity index is 813. The molecule has 7 nitrogen and oxygen atoms in total. The second-order valence-electron chi connectivity index (χ2n) is 5.76. The van der Waals surface area contributed by atoms with Crippen LogP contribution in [0.5, 0.6) is 11.5 Å². The minimum atomic E-state index is -1.13. The maximum Gasteiger partial charge on any atom is 0.326 e. The summed E-state index contributed by atoms with van der Waals surface area (Å²) in [6.45, 7) is 0.930. The van der Waals surface area contributed by atoms with Gasteiger partial charge in [0.05, 0.1) is 18.2 Å². The number of halogens is 1. The monoisotopic (exact) mass is 376 g/mol. The van der Waals surface area contributed by atoms with Crippen molar-refractivity contribution in [3.63, 3.8) is 0 Å². The van der Waals surface area contributed by atoms with Gasteiger partial charge in [-0.1, -0.05) is 11.6 Å². The maximum atomic E-state index is 12.5. The Morgan fingerprint density at radius 3 is 2.69 bits per heavy atom. The molecule has 136 valence electrons. The first-order valence-corrected chi connectivity index (χ1v) is 8.44. The van der Waals surface area contributed by atoms with E-state index in [2.05, 4.69) is 10.3 Å². The van der Waals surface area contributed by atoms with Crippen LogP contribution in [0.4, 0.5) is 0 Å². The number of nitrogens with one attached hydrogen (secondary N) is 1. The predicted octanol–water partition coefficient (Wildman–Crippen LogP) is 2.32. The lowest BCUT2D eigenvalue weighted by atomic mass is 10.1. The number of nitrogens with zero attached hydrogens (tertiary/aromatic N) is 1. The van der Waals surface area contributed by atoms with E-state index in [0.29, 0.717) is 31.1 Å². The number of carboxylic acid groups (broad SMARTS) is 1. The molecule has 2 aromatic rings. The molecule has 0 bridgehead atoms. The molecule has 1 aromatic carbocycles. The van der Waals surface area contributed by atoms with Crippen LogP contribution in [0.1, 0.15) is 22.3 Å².